The summed E-state index contributed by atoms with van der Waals surface area (Å²) in [6, 6.07) is 10.4. The van der Waals surface area contributed by atoms with Crippen LogP contribution in [0.3, 0.4) is 0 Å². The molecule has 0 spiro atoms. The van der Waals surface area contributed by atoms with Crippen molar-refractivity contribution in [1.82, 2.24) is 19.4 Å². The van der Waals surface area contributed by atoms with Gasteiger partial charge in [-0.3, -0.25) is 9.80 Å². The van der Waals surface area contributed by atoms with Crippen LogP contribution in [0.25, 0.3) is 0 Å². The summed E-state index contributed by atoms with van der Waals surface area (Å²) in [6.45, 7) is 4.92. The molecule has 0 bridgehead atoms. The minimum Gasteiger partial charge on any atom is -0.439 e. The van der Waals surface area contributed by atoms with Crippen molar-refractivity contribution in [3.63, 3.8) is 0 Å². The number of rotatable bonds is 4. The van der Waals surface area contributed by atoms with E-state index in [1.807, 2.05) is 54.7 Å². The summed E-state index contributed by atoms with van der Waals surface area (Å²) >= 11 is 0. The summed E-state index contributed by atoms with van der Waals surface area (Å²) < 4.78 is 7.78. The van der Waals surface area contributed by atoms with Crippen molar-refractivity contribution in [3.8, 4) is 0 Å². The maximum atomic E-state index is 12.5. The molecule has 2 atom stereocenters. The number of likely N-dealkylation sites (tertiary alicyclic amines) is 1. The molecule has 3 heterocycles. The molecule has 6 nitrogen and oxygen atoms in total. The van der Waals surface area contributed by atoms with Gasteiger partial charge in [-0.05, 0) is 25.3 Å². The van der Waals surface area contributed by atoms with Crippen LogP contribution in [0.4, 0.5) is 4.79 Å². The molecule has 2 aromatic rings. The third kappa shape index (κ3) is 3.21. The third-order valence-corrected chi connectivity index (χ3v) is 5.68. The zero-order valence-electron chi connectivity index (χ0n) is 15.4. The third-order valence-electron chi connectivity index (χ3n) is 5.68. The van der Waals surface area contributed by atoms with Gasteiger partial charge in [-0.2, -0.15) is 0 Å². The van der Waals surface area contributed by atoms with Gasteiger partial charge in [-0.25, -0.2) is 9.78 Å². The van der Waals surface area contributed by atoms with E-state index in [0.29, 0.717) is 0 Å². The quantitative estimate of drug-likeness (QED) is 0.847. The Balaban J connectivity index is 1.38. The van der Waals surface area contributed by atoms with Gasteiger partial charge >= 0.3 is 6.09 Å². The smallest absolute Gasteiger partial charge is 0.411 e. The summed E-state index contributed by atoms with van der Waals surface area (Å²) in [5.41, 5.74) is 1.07. The van der Waals surface area contributed by atoms with E-state index in [4.69, 9.17) is 4.74 Å². The number of piperidine rings is 1. The van der Waals surface area contributed by atoms with Crippen molar-refractivity contribution >= 4 is 6.09 Å². The van der Waals surface area contributed by atoms with E-state index in [1.165, 1.54) is 0 Å². The molecule has 1 aromatic carbocycles. The van der Waals surface area contributed by atoms with Gasteiger partial charge in [0.1, 0.15) is 11.9 Å². The minimum absolute atomic E-state index is 0.0657. The fourth-order valence-corrected chi connectivity index (χ4v) is 4.16. The lowest BCUT2D eigenvalue weighted by molar-refractivity contribution is 0.104. The molecule has 0 radical (unpaired) electrons. The molecular weight excluding hydrogens is 328 g/mol. The number of hydrogen-bond donors (Lipinski definition) is 0. The number of imidazole rings is 1. The number of cyclic esters (lactones) is 1. The van der Waals surface area contributed by atoms with E-state index in [1.54, 1.807) is 0 Å². The van der Waals surface area contributed by atoms with E-state index in [9.17, 15) is 4.79 Å². The normalized spacial score (nSPS) is 24.8. The minimum atomic E-state index is -0.172. The summed E-state index contributed by atoms with van der Waals surface area (Å²) in [6.07, 6.45) is 5.43. The van der Waals surface area contributed by atoms with E-state index >= 15 is 0 Å². The average molecular weight is 354 g/mol. The maximum Gasteiger partial charge on any atom is 0.411 e. The average Bonchev–Trinajstić information content (AvgIpc) is 3.19. The first kappa shape index (κ1) is 17.1. The fourth-order valence-electron chi connectivity index (χ4n) is 4.16. The number of carbonyl (C=O) groups is 1. The van der Waals surface area contributed by atoms with E-state index in [0.717, 1.165) is 43.9 Å². The highest BCUT2D eigenvalue weighted by molar-refractivity contribution is 5.71. The number of aromatic nitrogens is 2. The molecule has 2 fully saturated rings. The van der Waals surface area contributed by atoms with Gasteiger partial charge in [0.2, 0.25) is 0 Å². The van der Waals surface area contributed by atoms with Gasteiger partial charge in [-0.1, -0.05) is 30.3 Å². The standard InChI is InChI=1S/C20H26N4O2/c1-15-19(16-6-4-3-5-7-16)26-20(25)24(15)17-8-11-23(12-9-17)14-18-21-10-13-22(18)2/h3-7,10,13,15,17,19H,8-9,11-12,14H2,1-2H3/t15-,19-/m0/s1. The maximum absolute atomic E-state index is 12.5. The predicted molar refractivity (Wildman–Crippen MR) is 98.5 cm³/mol. The molecule has 26 heavy (non-hydrogen) atoms. The zero-order chi connectivity index (χ0) is 18.1. The van der Waals surface area contributed by atoms with Crippen LogP contribution < -0.4 is 0 Å². The van der Waals surface area contributed by atoms with Gasteiger partial charge in [-0.15, -0.1) is 0 Å². The Morgan fingerprint density at radius 3 is 2.58 bits per heavy atom. The first-order valence-corrected chi connectivity index (χ1v) is 9.36. The van der Waals surface area contributed by atoms with Crippen molar-refractivity contribution in [2.24, 2.45) is 7.05 Å². The Labute approximate surface area is 154 Å². The van der Waals surface area contributed by atoms with Gasteiger partial charge in [0, 0.05) is 38.6 Å². The Morgan fingerprint density at radius 2 is 1.92 bits per heavy atom. The van der Waals surface area contributed by atoms with Crippen molar-refractivity contribution in [2.45, 2.75) is 44.5 Å². The van der Waals surface area contributed by atoms with E-state index in [2.05, 4.69) is 21.4 Å². The molecular formula is C20H26N4O2. The molecule has 0 saturated carbocycles. The summed E-state index contributed by atoms with van der Waals surface area (Å²) in [7, 11) is 2.03. The lowest BCUT2D eigenvalue weighted by atomic mass is 9.98. The monoisotopic (exact) mass is 354 g/mol. The van der Waals surface area contributed by atoms with Gasteiger partial charge in [0.15, 0.2) is 0 Å². The molecule has 1 aromatic heterocycles. The Hall–Kier alpha value is -2.34. The second-order valence-corrected chi connectivity index (χ2v) is 7.32. The molecule has 138 valence electrons. The molecule has 6 heteroatoms. The number of hydrogen-bond acceptors (Lipinski definition) is 4. The lowest BCUT2D eigenvalue weighted by Crippen LogP contribution is -2.47. The van der Waals surface area contributed by atoms with Gasteiger partial charge in [0.05, 0.1) is 12.6 Å². The van der Waals surface area contributed by atoms with E-state index in [-0.39, 0.29) is 24.3 Å². The first-order valence-electron chi connectivity index (χ1n) is 9.36. The Kier molecular flexibility index (Phi) is 4.68. The second-order valence-electron chi connectivity index (χ2n) is 7.32. The Morgan fingerprint density at radius 1 is 1.19 bits per heavy atom. The molecule has 0 N–H and O–H groups in total. The highest BCUT2D eigenvalue weighted by atomic mass is 16.6. The number of aryl methyl sites for hydroxylation is 1. The largest absolute Gasteiger partial charge is 0.439 e. The molecule has 4 rings (SSSR count). The van der Waals surface area contributed by atoms with Crippen LogP contribution in [0.5, 0.6) is 0 Å². The number of ether oxygens (including phenoxy) is 1. The molecule has 2 saturated heterocycles. The van der Waals surface area contributed by atoms with Crippen LogP contribution in [0.15, 0.2) is 42.7 Å². The lowest BCUT2D eigenvalue weighted by Gasteiger charge is -2.37. The van der Waals surface area contributed by atoms with Crippen molar-refractivity contribution in [3.05, 3.63) is 54.1 Å². The molecule has 2 aliphatic heterocycles. The molecule has 1 amide bonds. The highest BCUT2D eigenvalue weighted by Gasteiger charge is 2.43. The zero-order valence-corrected chi connectivity index (χ0v) is 15.4. The van der Waals surface area contributed by atoms with Crippen LogP contribution >= 0.6 is 0 Å². The topological polar surface area (TPSA) is 50.6 Å². The van der Waals surface area contributed by atoms with Gasteiger partial charge in [0.25, 0.3) is 0 Å². The Bertz CT molecular complexity index is 752. The molecule has 0 unspecified atom stereocenters. The predicted octanol–water partition coefficient (Wildman–Crippen LogP) is 2.97. The SMILES string of the molecule is C[C@H]1[C@@H](c2ccccc2)OC(=O)N1C1CCN(Cc2nccn2C)CC1. The number of amides is 1. The highest BCUT2D eigenvalue weighted by Crippen LogP contribution is 2.35. The number of benzene rings is 1. The first-order chi connectivity index (χ1) is 12.6. The van der Waals surface area contributed by atoms with Crippen LogP contribution in [0.2, 0.25) is 0 Å². The van der Waals surface area contributed by atoms with Crippen LogP contribution in [0, 0.1) is 0 Å². The fraction of sp³-hybridized carbons (Fsp3) is 0.500. The van der Waals surface area contributed by atoms with Crippen LogP contribution in [-0.4, -0.2) is 50.6 Å². The van der Waals surface area contributed by atoms with E-state index < -0.39 is 0 Å². The second kappa shape index (κ2) is 7.11. The number of nitrogens with zero attached hydrogens (tertiary/aromatic N) is 4. The summed E-state index contributed by atoms with van der Waals surface area (Å²) in [5.74, 6) is 1.08. The van der Waals surface area contributed by atoms with Gasteiger partial charge < -0.3 is 9.30 Å². The summed E-state index contributed by atoms with van der Waals surface area (Å²) in [4.78, 5) is 21.3. The molecule has 2 aliphatic rings. The van der Waals surface area contributed by atoms with Crippen molar-refractivity contribution in [1.29, 1.82) is 0 Å². The van der Waals surface area contributed by atoms with Crippen LogP contribution in [0.1, 0.15) is 37.3 Å². The summed E-state index contributed by atoms with van der Waals surface area (Å²) in [5, 5.41) is 0. The molecule has 0 aliphatic carbocycles. The van der Waals surface area contributed by atoms with Crippen LogP contribution in [-0.2, 0) is 18.3 Å². The van der Waals surface area contributed by atoms with Crippen molar-refractivity contribution in [2.75, 3.05) is 13.1 Å². The van der Waals surface area contributed by atoms with Crippen molar-refractivity contribution < 1.29 is 9.53 Å². The number of carbonyl (C=O) groups excluding carboxylic acids is 1.